The highest BCUT2D eigenvalue weighted by molar-refractivity contribution is 5.99. The van der Waals surface area contributed by atoms with Crippen LogP contribution in [0, 0.1) is 5.92 Å². The molecule has 0 saturated carbocycles. The first-order valence-electron chi connectivity index (χ1n) is 6.43. The third-order valence-electron chi connectivity index (χ3n) is 3.44. The number of hydrogen-bond donors (Lipinski definition) is 1. The standard InChI is InChI=1S/C13H24N2O2/c1-6-10-11(16)15(8-7-9(2)3)13(4,5)12(17)14-10/h9-10H,6-8H2,1-5H3,(H,14,17). The summed E-state index contributed by atoms with van der Waals surface area (Å²) in [5.41, 5.74) is -0.725. The third kappa shape index (κ3) is 2.79. The number of rotatable bonds is 4. The molecular formula is C13H24N2O2. The zero-order chi connectivity index (χ0) is 13.2. The molecule has 2 amide bonds. The van der Waals surface area contributed by atoms with Gasteiger partial charge in [0, 0.05) is 6.54 Å². The third-order valence-corrected chi connectivity index (χ3v) is 3.44. The molecule has 0 aromatic carbocycles. The van der Waals surface area contributed by atoms with Gasteiger partial charge in [-0.2, -0.15) is 0 Å². The SMILES string of the molecule is CCC1NC(=O)C(C)(C)N(CCC(C)C)C1=O. The number of hydrogen-bond acceptors (Lipinski definition) is 2. The molecule has 4 nitrogen and oxygen atoms in total. The number of carbonyl (C=O) groups is 2. The van der Waals surface area contributed by atoms with E-state index in [0.29, 0.717) is 18.9 Å². The van der Waals surface area contributed by atoms with Crippen molar-refractivity contribution in [1.29, 1.82) is 0 Å². The maximum absolute atomic E-state index is 12.2. The molecule has 4 heteroatoms. The molecule has 1 N–H and O–H groups in total. The van der Waals surface area contributed by atoms with Crippen molar-refractivity contribution in [3.05, 3.63) is 0 Å². The summed E-state index contributed by atoms with van der Waals surface area (Å²) in [4.78, 5) is 26.0. The van der Waals surface area contributed by atoms with Crippen molar-refractivity contribution in [2.45, 2.75) is 59.0 Å². The summed E-state index contributed by atoms with van der Waals surface area (Å²) in [6.07, 6.45) is 1.58. The average molecular weight is 240 g/mol. The molecule has 0 bridgehead atoms. The summed E-state index contributed by atoms with van der Waals surface area (Å²) in [5, 5.41) is 2.79. The minimum atomic E-state index is -0.725. The lowest BCUT2D eigenvalue weighted by Gasteiger charge is -2.44. The van der Waals surface area contributed by atoms with Crippen molar-refractivity contribution >= 4 is 11.8 Å². The Labute approximate surface area is 104 Å². The van der Waals surface area contributed by atoms with Gasteiger partial charge in [-0.05, 0) is 32.6 Å². The van der Waals surface area contributed by atoms with Gasteiger partial charge in [-0.25, -0.2) is 0 Å². The predicted molar refractivity (Wildman–Crippen MR) is 67.5 cm³/mol. The summed E-state index contributed by atoms with van der Waals surface area (Å²) in [6, 6.07) is -0.345. The largest absolute Gasteiger partial charge is 0.342 e. The second-order valence-electron chi connectivity index (χ2n) is 5.67. The molecule has 1 heterocycles. The van der Waals surface area contributed by atoms with Gasteiger partial charge in [-0.15, -0.1) is 0 Å². The highest BCUT2D eigenvalue weighted by Crippen LogP contribution is 2.23. The van der Waals surface area contributed by atoms with E-state index in [1.54, 1.807) is 4.90 Å². The normalized spacial score (nSPS) is 24.1. The molecule has 0 aromatic rings. The van der Waals surface area contributed by atoms with Crippen LogP contribution in [-0.2, 0) is 9.59 Å². The second-order valence-corrected chi connectivity index (χ2v) is 5.67. The van der Waals surface area contributed by atoms with Crippen molar-refractivity contribution in [2.75, 3.05) is 6.54 Å². The Hall–Kier alpha value is -1.06. The van der Waals surface area contributed by atoms with E-state index in [-0.39, 0.29) is 17.9 Å². The molecule has 1 saturated heterocycles. The van der Waals surface area contributed by atoms with Crippen LogP contribution >= 0.6 is 0 Å². The molecule has 0 radical (unpaired) electrons. The summed E-state index contributed by atoms with van der Waals surface area (Å²) in [7, 11) is 0. The lowest BCUT2D eigenvalue weighted by molar-refractivity contribution is -0.155. The minimum Gasteiger partial charge on any atom is -0.342 e. The van der Waals surface area contributed by atoms with E-state index in [0.717, 1.165) is 6.42 Å². The van der Waals surface area contributed by atoms with E-state index in [4.69, 9.17) is 0 Å². The van der Waals surface area contributed by atoms with E-state index < -0.39 is 5.54 Å². The molecule has 1 aliphatic heterocycles. The van der Waals surface area contributed by atoms with Crippen molar-refractivity contribution < 1.29 is 9.59 Å². The van der Waals surface area contributed by atoms with Crippen LogP contribution < -0.4 is 5.32 Å². The zero-order valence-corrected chi connectivity index (χ0v) is 11.5. The van der Waals surface area contributed by atoms with Crippen LogP contribution in [0.15, 0.2) is 0 Å². The molecule has 98 valence electrons. The molecule has 1 aliphatic rings. The van der Waals surface area contributed by atoms with Gasteiger partial charge < -0.3 is 10.2 Å². The molecule has 0 aliphatic carbocycles. The first kappa shape index (κ1) is 14.0. The Balaban J connectivity index is 2.86. The Kier molecular flexibility index (Phi) is 4.17. The second kappa shape index (κ2) is 5.07. The van der Waals surface area contributed by atoms with Crippen molar-refractivity contribution in [3.8, 4) is 0 Å². The van der Waals surface area contributed by atoms with Crippen LogP contribution in [0.3, 0.4) is 0 Å². The Morgan fingerprint density at radius 2 is 1.94 bits per heavy atom. The number of amides is 2. The smallest absolute Gasteiger partial charge is 0.246 e. The minimum absolute atomic E-state index is 0.0484. The van der Waals surface area contributed by atoms with Gasteiger partial charge >= 0.3 is 0 Å². The number of piperazine rings is 1. The molecule has 1 rings (SSSR count). The van der Waals surface area contributed by atoms with E-state index >= 15 is 0 Å². The highest BCUT2D eigenvalue weighted by atomic mass is 16.2. The lowest BCUT2D eigenvalue weighted by atomic mass is 9.94. The fraction of sp³-hybridized carbons (Fsp3) is 0.846. The van der Waals surface area contributed by atoms with Gasteiger partial charge in [0.15, 0.2) is 0 Å². The van der Waals surface area contributed by atoms with E-state index in [9.17, 15) is 9.59 Å². The summed E-state index contributed by atoms with van der Waals surface area (Å²) in [5.74, 6) is 0.536. The van der Waals surface area contributed by atoms with Gasteiger partial charge in [-0.3, -0.25) is 9.59 Å². The number of nitrogens with one attached hydrogen (secondary N) is 1. The first-order chi connectivity index (χ1) is 7.80. The molecular weight excluding hydrogens is 216 g/mol. The molecule has 1 unspecified atom stereocenters. The predicted octanol–water partition coefficient (Wildman–Crippen LogP) is 1.55. The van der Waals surface area contributed by atoms with E-state index in [1.165, 1.54) is 0 Å². The zero-order valence-electron chi connectivity index (χ0n) is 11.5. The average Bonchev–Trinajstić information content (AvgIpc) is 2.22. The summed E-state index contributed by atoms with van der Waals surface area (Å²) in [6.45, 7) is 10.5. The van der Waals surface area contributed by atoms with Crippen molar-refractivity contribution in [1.82, 2.24) is 10.2 Å². The van der Waals surface area contributed by atoms with Gasteiger partial charge in [0.25, 0.3) is 0 Å². The van der Waals surface area contributed by atoms with E-state index in [1.807, 2.05) is 20.8 Å². The Morgan fingerprint density at radius 3 is 2.41 bits per heavy atom. The fourth-order valence-electron chi connectivity index (χ4n) is 2.04. The molecule has 1 atom stereocenters. The first-order valence-corrected chi connectivity index (χ1v) is 6.43. The van der Waals surface area contributed by atoms with Gasteiger partial charge in [0.1, 0.15) is 11.6 Å². The topological polar surface area (TPSA) is 49.4 Å². The van der Waals surface area contributed by atoms with Crippen molar-refractivity contribution in [2.24, 2.45) is 5.92 Å². The van der Waals surface area contributed by atoms with Gasteiger partial charge in [-0.1, -0.05) is 20.8 Å². The lowest BCUT2D eigenvalue weighted by Crippen LogP contribution is -2.68. The van der Waals surface area contributed by atoms with Crippen LogP contribution in [0.2, 0.25) is 0 Å². The highest BCUT2D eigenvalue weighted by Gasteiger charge is 2.45. The Morgan fingerprint density at radius 1 is 1.35 bits per heavy atom. The van der Waals surface area contributed by atoms with Crippen molar-refractivity contribution in [3.63, 3.8) is 0 Å². The van der Waals surface area contributed by atoms with Gasteiger partial charge in [0.05, 0.1) is 0 Å². The Bertz CT molecular complexity index is 311. The van der Waals surface area contributed by atoms with Crippen LogP contribution in [0.1, 0.15) is 47.5 Å². The molecule has 0 aromatic heterocycles. The van der Waals surface area contributed by atoms with Crippen LogP contribution in [0.5, 0.6) is 0 Å². The van der Waals surface area contributed by atoms with Gasteiger partial charge in [0.2, 0.25) is 11.8 Å². The van der Waals surface area contributed by atoms with E-state index in [2.05, 4.69) is 19.2 Å². The monoisotopic (exact) mass is 240 g/mol. The maximum atomic E-state index is 12.2. The number of carbonyl (C=O) groups excluding carboxylic acids is 2. The maximum Gasteiger partial charge on any atom is 0.246 e. The van der Waals surface area contributed by atoms with Crippen LogP contribution in [-0.4, -0.2) is 34.8 Å². The summed E-state index contributed by atoms with van der Waals surface area (Å²) >= 11 is 0. The fourth-order valence-corrected chi connectivity index (χ4v) is 2.04. The summed E-state index contributed by atoms with van der Waals surface area (Å²) < 4.78 is 0. The molecule has 0 spiro atoms. The molecule has 1 fully saturated rings. The van der Waals surface area contributed by atoms with Crippen LogP contribution in [0.25, 0.3) is 0 Å². The molecule has 17 heavy (non-hydrogen) atoms. The van der Waals surface area contributed by atoms with Crippen LogP contribution in [0.4, 0.5) is 0 Å². The quantitative estimate of drug-likeness (QED) is 0.810. The number of nitrogens with zero attached hydrogens (tertiary/aromatic N) is 1.